The van der Waals surface area contributed by atoms with Gasteiger partial charge in [0.15, 0.2) is 11.6 Å². The van der Waals surface area contributed by atoms with Gasteiger partial charge in [-0.25, -0.2) is 14.4 Å². The van der Waals surface area contributed by atoms with Gasteiger partial charge in [0.2, 0.25) is 0 Å². The Morgan fingerprint density at radius 2 is 1.72 bits per heavy atom. The first-order chi connectivity index (χ1) is 14.2. The van der Waals surface area contributed by atoms with Crippen LogP contribution in [0.15, 0.2) is 47.4 Å². The zero-order valence-electron chi connectivity index (χ0n) is 16.2. The molecule has 6 nitrogen and oxygen atoms in total. The normalized spacial score (nSPS) is 17.6. The van der Waals surface area contributed by atoms with E-state index in [0.717, 1.165) is 48.6 Å². The maximum Gasteiger partial charge on any atom is 0.250 e. The SMILES string of the molecule is O=c1ccc(F)cn1CC1CCN(c2nc3ccccc3nc2NC2CC2)CC1. The number of rotatable bonds is 5. The van der Waals surface area contributed by atoms with E-state index in [4.69, 9.17) is 9.97 Å². The summed E-state index contributed by atoms with van der Waals surface area (Å²) in [6.07, 6.45) is 5.53. The monoisotopic (exact) mass is 393 g/mol. The fourth-order valence-electron chi connectivity index (χ4n) is 3.98. The van der Waals surface area contributed by atoms with Gasteiger partial charge in [-0.05, 0) is 49.8 Å². The molecule has 0 radical (unpaired) electrons. The Morgan fingerprint density at radius 3 is 2.45 bits per heavy atom. The quantitative estimate of drug-likeness (QED) is 0.720. The van der Waals surface area contributed by atoms with Gasteiger partial charge in [-0.1, -0.05) is 12.1 Å². The van der Waals surface area contributed by atoms with Gasteiger partial charge >= 0.3 is 0 Å². The van der Waals surface area contributed by atoms with Gasteiger partial charge in [0.1, 0.15) is 5.82 Å². The van der Waals surface area contributed by atoms with E-state index in [2.05, 4.69) is 10.2 Å². The molecule has 1 N–H and O–H groups in total. The molecule has 3 aromatic rings. The molecule has 0 spiro atoms. The maximum absolute atomic E-state index is 13.5. The summed E-state index contributed by atoms with van der Waals surface area (Å²) in [4.78, 5) is 24.0. The molecule has 2 aliphatic rings. The van der Waals surface area contributed by atoms with Crippen LogP contribution < -0.4 is 15.8 Å². The number of benzene rings is 1. The van der Waals surface area contributed by atoms with Crippen molar-refractivity contribution in [3.8, 4) is 0 Å². The van der Waals surface area contributed by atoms with Crippen LogP contribution in [0, 0.1) is 11.7 Å². The van der Waals surface area contributed by atoms with Crippen molar-refractivity contribution in [3.05, 3.63) is 58.8 Å². The lowest BCUT2D eigenvalue weighted by Gasteiger charge is -2.34. The van der Waals surface area contributed by atoms with E-state index in [-0.39, 0.29) is 11.4 Å². The van der Waals surface area contributed by atoms with E-state index in [0.29, 0.717) is 18.5 Å². The number of hydrogen-bond donors (Lipinski definition) is 1. The highest BCUT2D eigenvalue weighted by molar-refractivity contribution is 5.80. The van der Waals surface area contributed by atoms with E-state index in [1.165, 1.54) is 35.7 Å². The molecule has 0 unspecified atom stereocenters. The number of fused-ring (bicyclic) bond motifs is 1. The fraction of sp³-hybridized carbons (Fsp3) is 0.409. The highest BCUT2D eigenvalue weighted by Gasteiger charge is 2.27. The molecule has 5 rings (SSSR count). The second-order valence-corrected chi connectivity index (χ2v) is 8.07. The average molecular weight is 393 g/mol. The zero-order chi connectivity index (χ0) is 19.8. The number of aromatic nitrogens is 3. The molecule has 1 aliphatic carbocycles. The zero-order valence-corrected chi connectivity index (χ0v) is 16.2. The van der Waals surface area contributed by atoms with Gasteiger partial charge in [0.25, 0.3) is 5.56 Å². The third kappa shape index (κ3) is 3.95. The molecule has 2 aromatic heterocycles. The average Bonchev–Trinajstić information content (AvgIpc) is 3.55. The number of halogens is 1. The van der Waals surface area contributed by atoms with E-state index >= 15 is 0 Å². The largest absolute Gasteiger partial charge is 0.364 e. The van der Waals surface area contributed by atoms with Gasteiger partial charge in [-0.2, -0.15) is 0 Å². The molecule has 1 saturated carbocycles. The van der Waals surface area contributed by atoms with Crippen molar-refractivity contribution in [3.63, 3.8) is 0 Å². The Kier molecular flexibility index (Phi) is 4.66. The van der Waals surface area contributed by atoms with Crippen LogP contribution in [0.5, 0.6) is 0 Å². The molecular weight excluding hydrogens is 369 g/mol. The third-order valence-corrected chi connectivity index (χ3v) is 5.79. The fourth-order valence-corrected chi connectivity index (χ4v) is 3.98. The second kappa shape index (κ2) is 7.46. The number of pyridine rings is 1. The van der Waals surface area contributed by atoms with Gasteiger partial charge in [0, 0.05) is 37.9 Å². The van der Waals surface area contributed by atoms with E-state index in [1.807, 2.05) is 24.3 Å². The van der Waals surface area contributed by atoms with Crippen molar-refractivity contribution in [2.24, 2.45) is 5.92 Å². The van der Waals surface area contributed by atoms with Crippen LogP contribution in [0.4, 0.5) is 16.0 Å². The lowest BCUT2D eigenvalue weighted by Crippen LogP contribution is -2.37. The molecule has 0 amide bonds. The molecule has 150 valence electrons. The van der Waals surface area contributed by atoms with Crippen LogP contribution in [0.2, 0.25) is 0 Å². The summed E-state index contributed by atoms with van der Waals surface area (Å²) in [5.41, 5.74) is 1.65. The van der Waals surface area contributed by atoms with Crippen molar-refractivity contribution in [2.45, 2.75) is 38.3 Å². The summed E-state index contributed by atoms with van der Waals surface area (Å²) < 4.78 is 15.0. The van der Waals surface area contributed by atoms with Crippen LogP contribution >= 0.6 is 0 Å². The predicted molar refractivity (Wildman–Crippen MR) is 112 cm³/mol. The molecule has 1 aromatic carbocycles. The highest BCUT2D eigenvalue weighted by Crippen LogP contribution is 2.33. The Labute approximate surface area is 168 Å². The van der Waals surface area contributed by atoms with Crippen LogP contribution in [-0.4, -0.2) is 33.7 Å². The summed E-state index contributed by atoms with van der Waals surface area (Å²) in [6.45, 7) is 2.25. The summed E-state index contributed by atoms with van der Waals surface area (Å²) in [5, 5.41) is 3.54. The number of para-hydroxylation sites is 2. The van der Waals surface area contributed by atoms with Gasteiger partial charge in [0.05, 0.1) is 11.0 Å². The van der Waals surface area contributed by atoms with Crippen LogP contribution in [0.3, 0.4) is 0 Å². The first-order valence-corrected chi connectivity index (χ1v) is 10.3. The van der Waals surface area contributed by atoms with Crippen molar-refractivity contribution >= 4 is 22.7 Å². The summed E-state index contributed by atoms with van der Waals surface area (Å²) in [5.74, 6) is 1.76. The van der Waals surface area contributed by atoms with Crippen molar-refractivity contribution in [1.82, 2.24) is 14.5 Å². The lowest BCUT2D eigenvalue weighted by molar-refractivity contribution is 0.349. The van der Waals surface area contributed by atoms with Crippen LogP contribution in [0.25, 0.3) is 11.0 Å². The van der Waals surface area contributed by atoms with Gasteiger partial charge in [-0.3, -0.25) is 4.79 Å². The molecule has 2 fully saturated rings. The molecule has 29 heavy (non-hydrogen) atoms. The minimum atomic E-state index is -0.371. The molecule has 1 saturated heterocycles. The molecule has 0 atom stereocenters. The van der Waals surface area contributed by atoms with Crippen molar-refractivity contribution < 1.29 is 4.39 Å². The standard InChI is InChI=1S/C22H24FN5O/c23-16-5-8-20(29)28(14-16)13-15-9-11-27(12-10-15)22-21(24-17-6-7-17)25-18-3-1-2-4-19(18)26-22/h1-5,8,14-15,17H,6-7,9-13H2,(H,24,25). The summed E-state index contributed by atoms with van der Waals surface area (Å²) in [6, 6.07) is 11.0. The Hall–Kier alpha value is -2.96. The van der Waals surface area contributed by atoms with E-state index < -0.39 is 0 Å². The minimum Gasteiger partial charge on any atom is -0.364 e. The van der Waals surface area contributed by atoms with Crippen LogP contribution in [-0.2, 0) is 6.54 Å². The third-order valence-electron chi connectivity index (χ3n) is 5.79. The first-order valence-electron chi connectivity index (χ1n) is 10.3. The van der Waals surface area contributed by atoms with Crippen LogP contribution in [0.1, 0.15) is 25.7 Å². The lowest BCUT2D eigenvalue weighted by atomic mass is 9.96. The predicted octanol–water partition coefficient (Wildman–Crippen LogP) is 3.42. The smallest absolute Gasteiger partial charge is 0.250 e. The van der Waals surface area contributed by atoms with Crippen molar-refractivity contribution in [2.75, 3.05) is 23.3 Å². The Bertz CT molecular complexity index is 1090. The summed E-state index contributed by atoms with van der Waals surface area (Å²) >= 11 is 0. The van der Waals surface area contributed by atoms with Gasteiger partial charge in [-0.15, -0.1) is 0 Å². The minimum absolute atomic E-state index is 0.148. The van der Waals surface area contributed by atoms with Gasteiger partial charge < -0.3 is 14.8 Å². The number of nitrogens with one attached hydrogen (secondary N) is 1. The first kappa shape index (κ1) is 18.1. The Morgan fingerprint density at radius 1 is 1.00 bits per heavy atom. The molecule has 7 heteroatoms. The second-order valence-electron chi connectivity index (χ2n) is 8.07. The van der Waals surface area contributed by atoms with E-state index in [9.17, 15) is 9.18 Å². The maximum atomic E-state index is 13.5. The number of nitrogens with zero attached hydrogens (tertiary/aromatic N) is 4. The number of anilines is 2. The highest BCUT2D eigenvalue weighted by atomic mass is 19.1. The Balaban J connectivity index is 1.34. The molecule has 1 aliphatic heterocycles. The molecule has 0 bridgehead atoms. The van der Waals surface area contributed by atoms with E-state index in [1.54, 1.807) is 0 Å². The topological polar surface area (TPSA) is 63.1 Å². The number of piperidine rings is 1. The number of hydrogen-bond acceptors (Lipinski definition) is 5. The summed E-state index contributed by atoms with van der Waals surface area (Å²) in [7, 11) is 0. The molecular formula is C22H24FN5O. The van der Waals surface area contributed by atoms with Crippen molar-refractivity contribution in [1.29, 1.82) is 0 Å². The molecule has 3 heterocycles.